The van der Waals surface area contributed by atoms with Crippen molar-refractivity contribution < 1.29 is 4.79 Å². The number of nitrogens with zero attached hydrogens (tertiary/aromatic N) is 4. The Labute approximate surface area is 150 Å². The lowest BCUT2D eigenvalue weighted by Gasteiger charge is -2.24. The van der Waals surface area contributed by atoms with E-state index in [4.69, 9.17) is 9.97 Å². The van der Waals surface area contributed by atoms with Gasteiger partial charge >= 0.3 is 0 Å². The number of hydrogen-bond acceptors (Lipinski definition) is 5. The number of carbonyl (C=O) groups is 1. The van der Waals surface area contributed by atoms with Crippen LogP contribution in [0.3, 0.4) is 0 Å². The minimum atomic E-state index is 0.264. The number of likely N-dealkylation sites (tertiary alicyclic amines) is 1. The van der Waals surface area contributed by atoms with Gasteiger partial charge in [-0.2, -0.15) is 0 Å². The van der Waals surface area contributed by atoms with Crippen molar-refractivity contribution in [1.82, 2.24) is 14.9 Å². The Bertz CT molecular complexity index is 894. The lowest BCUT2D eigenvalue weighted by atomic mass is 10.2. The number of likely N-dealkylation sites (N-methyl/N-ethyl adjacent to an activating group) is 1. The number of amides is 1. The minimum Gasteiger partial charge on any atom is -0.357 e. The third-order valence-electron chi connectivity index (χ3n) is 4.56. The van der Waals surface area contributed by atoms with E-state index in [1.54, 1.807) is 11.3 Å². The molecule has 1 aliphatic rings. The first kappa shape index (κ1) is 16.0. The van der Waals surface area contributed by atoms with E-state index in [0.29, 0.717) is 6.42 Å². The summed E-state index contributed by atoms with van der Waals surface area (Å²) in [6.45, 7) is 2.37. The van der Waals surface area contributed by atoms with Gasteiger partial charge in [0, 0.05) is 38.5 Å². The van der Waals surface area contributed by atoms with Crippen molar-refractivity contribution in [3.05, 3.63) is 41.8 Å². The standard InChI is InChI=1S/C19H20N4OS/c1-22(11-12-23-10-4-9-17(23)24)19-14-6-2-3-7-15(14)20-18(21-19)16-8-5-13-25-16/h2-3,5-8,13H,4,9-12H2,1H3. The van der Waals surface area contributed by atoms with Crippen LogP contribution in [-0.2, 0) is 4.79 Å². The normalized spacial score (nSPS) is 14.4. The molecule has 0 unspecified atom stereocenters. The number of carbonyl (C=O) groups excluding carboxylic acids is 1. The van der Waals surface area contributed by atoms with Gasteiger partial charge < -0.3 is 9.80 Å². The maximum atomic E-state index is 11.8. The van der Waals surface area contributed by atoms with Crippen molar-refractivity contribution in [1.29, 1.82) is 0 Å². The number of para-hydroxylation sites is 1. The van der Waals surface area contributed by atoms with Gasteiger partial charge in [-0.25, -0.2) is 9.97 Å². The van der Waals surface area contributed by atoms with E-state index in [-0.39, 0.29) is 5.91 Å². The Kier molecular flexibility index (Phi) is 4.36. The Morgan fingerprint density at radius 3 is 2.84 bits per heavy atom. The highest BCUT2D eigenvalue weighted by atomic mass is 32.1. The Balaban J connectivity index is 1.66. The van der Waals surface area contributed by atoms with E-state index in [2.05, 4.69) is 11.0 Å². The van der Waals surface area contributed by atoms with Gasteiger partial charge in [0.25, 0.3) is 0 Å². The van der Waals surface area contributed by atoms with Crippen LogP contribution in [0.2, 0.25) is 0 Å². The first-order valence-electron chi connectivity index (χ1n) is 8.52. The second kappa shape index (κ2) is 6.80. The Morgan fingerprint density at radius 2 is 2.08 bits per heavy atom. The van der Waals surface area contributed by atoms with Gasteiger partial charge in [-0.05, 0) is 30.0 Å². The van der Waals surface area contributed by atoms with Crippen molar-refractivity contribution in [2.75, 3.05) is 31.6 Å². The Morgan fingerprint density at radius 1 is 1.20 bits per heavy atom. The molecule has 0 bridgehead atoms. The second-order valence-corrected chi connectivity index (χ2v) is 7.22. The fourth-order valence-corrected chi connectivity index (χ4v) is 3.84. The van der Waals surface area contributed by atoms with Gasteiger partial charge in [0.2, 0.25) is 5.91 Å². The summed E-state index contributed by atoms with van der Waals surface area (Å²) in [5.74, 6) is 1.94. The molecule has 1 aromatic carbocycles. The van der Waals surface area contributed by atoms with Gasteiger partial charge in [0.1, 0.15) is 5.82 Å². The van der Waals surface area contributed by atoms with Gasteiger partial charge in [0.05, 0.1) is 10.4 Å². The third-order valence-corrected chi connectivity index (χ3v) is 5.43. The Hall–Kier alpha value is -2.47. The van der Waals surface area contributed by atoms with Gasteiger partial charge in [-0.1, -0.05) is 18.2 Å². The molecule has 128 valence electrons. The monoisotopic (exact) mass is 352 g/mol. The lowest BCUT2D eigenvalue weighted by molar-refractivity contribution is -0.127. The van der Waals surface area contributed by atoms with Crippen LogP contribution in [0.1, 0.15) is 12.8 Å². The number of fused-ring (bicyclic) bond motifs is 1. The molecule has 5 nitrogen and oxygen atoms in total. The zero-order valence-corrected chi connectivity index (χ0v) is 15.0. The fraction of sp³-hybridized carbons (Fsp3) is 0.316. The molecular weight excluding hydrogens is 332 g/mol. The molecule has 0 radical (unpaired) electrons. The summed E-state index contributed by atoms with van der Waals surface area (Å²) in [7, 11) is 2.04. The first-order valence-corrected chi connectivity index (χ1v) is 9.40. The molecule has 0 atom stereocenters. The van der Waals surface area contributed by atoms with Crippen LogP contribution in [0, 0.1) is 0 Å². The smallest absolute Gasteiger partial charge is 0.222 e. The van der Waals surface area contributed by atoms with E-state index >= 15 is 0 Å². The average molecular weight is 352 g/mol. The summed E-state index contributed by atoms with van der Waals surface area (Å²) in [6, 6.07) is 12.1. The van der Waals surface area contributed by atoms with Crippen molar-refractivity contribution in [2.45, 2.75) is 12.8 Å². The van der Waals surface area contributed by atoms with Crippen LogP contribution in [0.25, 0.3) is 21.6 Å². The van der Waals surface area contributed by atoms with Crippen molar-refractivity contribution in [2.24, 2.45) is 0 Å². The highest BCUT2D eigenvalue weighted by molar-refractivity contribution is 7.13. The molecule has 1 amide bonds. The highest BCUT2D eigenvalue weighted by Crippen LogP contribution is 2.29. The second-order valence-electron chi connectivity index (χ2n) is 6.27. The molecule has 0 aliphatic carbocycles. The van der Waals surface area contributed by atoms with Crippen LogP contribution in [-0.4, -0.2) is 47.5 Å². The SMILES string of the molecule is CN(CCN1CCCC1=O)c1nc(-c2cccs2)nc2ccccc12. The molecule has 2 aromatic heterocycles. The molecule has 3 aromatic rings. The zero-order chi connectivity index (χ0) is 17.2. The molecule has 3 heterocycles. The maximum Gasteiger partial charge on any atom is 0.222 e. The molecular formula is C19H20N4OS. The van der Waals surface area contributed by atoms with Crippen LogP contribution < -0.4 is 4.90 Å². The molecule has 25 heavy (non-hydrogen) atoms. The van der Waals surface area contributed by atoms with Crippen molar-refractivity contribution >= 4 is 34.0 Å². The summed E-state index contributed by atoms with van der Waals surface area (Å²) in [5, 5.41) is 3.08. The van der Waals surface area contributed by atoms with Gasteiger partial charge in [-0.15, -0.1) is 11.3 Å². The van der Waals surface area contributed by atoms with E-state index in [0.717, 1.165) is 53.5 Å². The third kappa shape index (κ3) is 3.22. The number of benzene rings is 1. The fourth-order valence-electron chi connectivity index (χ4n) is 3.18. The van der Waals surface area contributed by atoms with Crippen LogP contribution >= 0.6 is 11.3 Å². The van der Waals surface area contributed by atoms with Crippen LogP contribution in [0.4, 0.5) is 5.82 Å². The number of anilines is 1. The van der Waals surface area contributed by atoms with Gasteiger partial charge in [0.15, 0.2) is 5.82 Å². The summed E-state index contributed by atoms with van der Waals surface area (Å²) in [4.78, 5) is 26.5. The highest BCUT2D eigenvalue weighted by Gasteiger charge is 2.21. The average Bonchev–Trinajstić information content (AvgIpc) is 3.30. The predicted octanol–water partition coefficient (Wildman–Crippen LogP) is 3.42. The van der Waals surface area contributed by atoms with E-state index in [1.165, 1.54) is 0 Å². The van der Waals surface area contributed by atoms with Crippen LogP contribution in [0.5, 0.6) is 0 Å². The largest absolute Gasteiger partial charge is 0.357 e. The summed E-state index contributed by atoms with van der Waals surface area (Å²) < 4.78 is 0. The van der Waals surface area contributed by atoms with Crippen molar-refractivity contribution in [3.63, 3.8) is 0 Å². The molecule has 4 rings (SSSR count). The summed E-state index contributed by atoms with van der Waals surface area (Å²) in [6.07, 6.45) is 1.66. The number of thiophene rings is 1. The predicted molar refractivity (Wildman–Crippen MR) is 102 cm³/mol. The van der Waals surface area contributed by atoms with E-state index in [9.17, 15) is 4.79 Å². The molecule has 1 aliphatic heterocycles. The minimum absolute atomic E-state index is 0.264. The molecule has 0 saturated carbocycles. The van der Waals surface area contributed by atoms with Crippen molar-refractivity contribution in [3.8, 4) is 10.7 Å². The molecule has 6 heteroatoms. The van der Waals surface area contributed by atoms with Crippen LogP contribution in [0.15, 0.2) is 41.8 Å². The quantitative estimate of drug-likeness (QED) is 0.706. The molecule has 1 fully saturated rings. The van der Waals surface area contributed by atoms with E-state index < -0.39 is 0 Å². The maximum absolute atomic E-state index is 11.8. The zero-order valence-electron chi connectivity index (χ0n) is 14.2. The topological polar surface area (TPSA) is 49.3 Å². The first-order chi connectivity index (χ1) is 12.2. The lowest BCUT2D eigenvalue weighted by Crippen LogP contribution is -2.34. The van der Waals surface area contributed by atoms with Gasteiger partial charge in [-0.3, -0.25) is 4.79 Å². The number of hydrogen-bond donors (Lipinski definition) is 0. The molecule has 0 N–H and O–H groups in total. The molecule has 0 spiro atoms. The van der Waals surface area contributed by atoms with E-state index in [1.807, 2.05) is 47.7 Å². The summed E-state index contributed by atoms with van der Waals surface area (Å²) in [5.41, 5.74) is 0.944. The number of rotatable bonds is 5. The molecule has 1 saturated heterocycles. The number of aromatic nitrogens is 2. The summed E-state index contributed by atoms with van der Waals surface area (Å²) >= 11 is 1.64.